The Kier molecular flexibility index (Phi) is 4.19. The van der Waals surface area contributed by atoms with E-state index in [2.05, 4.69) is 15.3 Å². The smallest absolute Gasteiger partial charge is 0.196 e. The van der Waals surface area contributed by atoms with Crippen molar-refractivity contribution in [2.24, 2.45) is 0 Å². The Morgan fingerprint density at radius 1 is 1.19 bits per heavy atom. The lowest BCUT2D eigenvalue weighted by molar-refractivity contribution is 0.687. The van der Waals surface area contributed by atoms with Crippen LogP contribution in [0.15, 0.2) is 34.3 Å². The van der Waals surface area contributed by atoms with Crippen molar-refractivity contribution in [1.29, 1.82) is 0 Å². The van der Waals surface area contributed by atoms with Crippen LogP contribution in [0.5, 0.6) is 0 Å². The lowest BCUT2D eigenvalue weighted by atomic mass is 10.2. The summed E-state index contributed by atoms with van der Waals surface area (Å²) < 4.78 is 0. The average Bonchev–Trinajstić information content (AvgIpc) is 3.20. The number of nitrogens with zero attached hydrogens (tertiary/aromatic N) is 2. The van der Waals surface area contributed by atoms with Gasteiger partial charge in [0.15, 0.2) is 5.16 Å². The molecule has 1 aliphatic rings. The van der Waals surface area contributed by atoms with Gasteiger partial charge in [0, 0.05) is 28.6 Å². The van der Waals surface area contributed by atoms with Crippen LogP contribution in [-0.2, 0) is 6.54 Å². The monoisotopic (exact) mass is 321 g/mol. The van der Waals surface area contributed by atoms with Crippen LogP contribution in [0.4, 0.5) is 11.6 Å². The molecule has 0 radical (unpaired) electrons. The van der Waals surface area contributed by atoms with E-state index in [4.69, 9.17) is 23.1 Å². The third-order valence-electron chi connectivity index (χ3n) is 3.14. The van der Waals surface area contributed by atoms with Gasteiger partial charge in [0.2, 0.25) is 0 Å². The minimum Gasteiger partial charge on any atom is -0.383 e. The van der Waals surface area contributed by atoms with Crippen molar-refractivity contribution in [2.75, 3.05) is 11.5 Å². The van der Waals surface area contributed by atoms with Crippen LogP contribution < -0.4 is 16.8 Å². The van der Waals surface area contributed by atoms with Crippen molar-refractivity contribution in [3.05, 3.63) is 34.9 Å². The maximum absolute atomic E-state index is 6.32. The molecule has 7 heteroatoms. The predicted octanol–water partition coefficient (Wildman–Crippen LogP) is 2.70. The first-order chi connectivity index (χ1) is 10.1. The summed E-state index contributed by atoms with van der Waals surface area (Å²) in [6.45, 7) is 0.802. The first-order valence-corrected chi connectivity index (χ1v) is 7.89. The number of hydrogen-bond acceptors (Lipinski definition) is 6. The van der Waals surface area contributed by atoms with Gasteiger partial charge in [0.25, 0.3) is 0 Å². The molecular weight excluding hydrogens is 306 g/mol. The molecule has 1 heterocycles. The highest BCUT2D eigenvalue weighted by atomic mass is 35.5. The minimum absolute atomic E-state index is 0.362. The Morgan fingerprint density at radius 2 is 1.90 bits per heavy atom. The largest absolute Gasteiger partial charge is 0.383 e. The predicted molar refractivity (Wildman–Crippen MR) is 86.3 cm³/mol. The number of nitrogen functional groups attached to an aromatic ring is 2. The van der Waals surface area contributed by atoms with E-state index in [0.717, 1.165) is 22.0 Å². The van der Waals surface area contributed by atoms with Gasteiger partial charge < -0.3 is 16.8 Å². The van der Waals surface area contributed by atoms with Crippen molar-refractivity contribution in [3.63, 3.8) is 0 Å². The Balaban J connectivity index is 1.71. The molecule has 0 saturated heterocycles. The summed E-state index contributed by atoms with van der Waals surface area (Å²) in [5.74, 6) is 0.725. The number of nitrogens with two attached hydrogens (primary N) is 2. The Labute approximate surface area is 132 Å². The summed E-state index contributed by atoms with van der Waals surface area (Å²) in [6, 6.07) is 8.14. The Morgan fingerprint density at radius 3 is 2.52 bits per heavy atom. The van der Waals surface area contributed by atoms with E-state index in [9.17, 15) is 0 Å². The molecule has 1 aliphatic carbocycles. The summed E-state index contributed by atoms with van der Waals surface area (Å²) in [7, 11) is 0. The fourth-order valence-corrected chi connectivity index (χ4v) is 3.03. The molecule has 0 amide bonds. The normalized spacial score (nSPS) is 14.3. The van der Waals surface area contributed by atoms with Gasteiger partial charge in [-0.25, -0.2) is 9.97 Å². The van der Waals surface area contributed by atoms with Crippen molar-refractivity contribution < 1.29 is 0 Å². The zero-order chi connectivity index (χ0) is 14.8. The number of rotatable bonds is 5. The average molecular weight is 322 g/mol. The first-order valence-electron chi connectivity index (χ1n) is 6.70. The number of benzene rings is 1. The molecule has 0 unspecified atom stereocenters. The third-order valence-corrected chi connectivity index (χ3v) is 4.34. The van der Waals surface area contributed by atoms with Crippen molar-refractivity contribution in [1.82, 2.24) is 15.3 Å². The molecule has 3 rings (SSSR count). The van der Waals surface area contributed by atoms with Gasteiger partial charge in [-0.15, -0.1) is 0 Å². The molecule has 1 fully saturated rings. The molecule has 21 heavy (non-hydrogen) atoms. The molecule has 5 nitrogen and oxygen atoms in total. The van der Waals surface area contributed by atoms with Crippen LogP contribution in [0, 0.1) is 0 Å². The maximum atomic E-state index is 6.32. The van der Waals surface area contributed by atoms with Gasteiger partial charge in [-0.2, -0.15) is 0 Å². The Bertz CT molecular complexity index is 640. The lowest BCUT2D eigenvalue weighted by Crippen LogP contribution is -2.15. The Hall–Kier alpha value is -1.50. The highest BCUT2D eigenvalue weighted by Crippen LogP contribution is 2.30. The number of aromatic nitrogens is 2. The molecule has 110 valence electrons. The molecule has 2 aromatic rings. The highest BCUT2D eigenvalue weighted by molar-refractivity contribution is 7.99. The third kappa shape index (κ3) is 4.00. The molecule has 0 spiro atoms. The summed E-state index contributed by atoms with van der Waals surface area (Å²) in [5, 5.41) is 4.71. The van der Waals surface area contributed by atoms with Crippen LogP contribution >= 0.6 is 23.4 Å². The minimum atomic E-state index is 0.362. The van der Waals surface area contributed by atoms with E-state index in [0.29, 0.717) is 22.8 Å². The second-order valence-corrected chi connectivity index (χ2v) is 6.46. The van der Waals surface area contributed by atoms with Crippen LogP contribution in [0.3, 0.4) is 0 Å². The van der Waals surface area contributed by atoms with Gasteiger partial charge in [-0.1, -0.05) is 17.7 Å². The van der Waals surface area contributed by atoms with Crippen LogP contribution in [0.25, 0.3) is 0 Å². The fraction of sp³-hybridized carbons (Fsp3) is 0.286. The standard InChI is InChI=1S/C14H16ClN5S/c15-11-5-10(4-1-8(11)7-18-9-2-3-9)21-14-19-12(16)6-13(17)20-14/h1,4-6,9,18H,2-3,7H2,(H4,16,17,19,20). The second kappa shape index (κ2) is 6.09. The SMILES string of the molecule is Nc1cc(N)nc(Sc2ccc(CNC3CC3)c(Cl)c2)n1. The number of nitrogens with one attached hydrogen (secondary N) is 1. The summed E-state index contributed by atoms with van der Waals surface area (Å²) in [4.78, 5) is 9.25. The molecule has 1 saturated carbocycles. The maximum Gasteiger partial charge on any atom is 0.196 e. The molecule has 0 aliphatic heterocycles. The second-order valence-electron chi connectivity index (χ2n) is 5.01. The quantitative estimate of drug-likeness (QED) is 0.734. The molecule has 0 bridgehead atoms. The van der Waals surface area contributed by atoms with E-state index >= 15 is 0 Å². The lowest BCUT2D eigenvalue weighted by Gasteiger charge is -2.08. The van der Waals surface area contributed by atoms with E-state index in [-0.39, 0.29) is 0 Å². The van der Waals surface area contributed by atoms with Crippen LogP contribution in [0.1, 0.15) is 18.4 Å². The van der Waals surface area contributed by atoms with Gasteiger partial charge in [-0.3, -0.25) is 0 Å². The summed E-state index contributed by atoms with van der Waals surface area (Å²) in [6.07, 6.45) is 2.53. The van der Waals surface area contributed by atoms with E-state index in [1.54, 1.807) is 0 Å². The van der Waals surface area contributed by atoms with Crippen LogP contribution in [0.2, 0.25) is 5.02 Å². The number of halogens is 1. The molecule has 5 N–H and O–H groups in total. The van der Waals surface area contributed by atoms with E-state index < -0.39 is 0 Å². The zero-order valence-electron chi connectivity index (χ0n) is 11.3. The van der Waals surface area contributed by atoms with Crippen LogP contribution in [-0.4, -0.2) is 16.0 Å². The van der Waals surface area contributed by atoms with Gasteiger partial charge >= 0.3 is 0 Å². The topological polar surface area (TPSA) is 89.9 Å². The summed E-state index contributed by atoms with van der Waals surface area (Å²) in [5.41, 5.74) is 12.4. The van der Waals surface area contributed by atoms with Crippen molar-refractivity contribution in [2.45, 2.75) is 35.5 Å². The summed E-state index contributed by atoms with van der Waals surface area (Å²) >= 11 is 7.71. The van der Waals surface area contributed by atoms with E-state index in [1.807, 2.05) is 18.2 Å². The molecular formula is C14H16ClN5S. The van der Waals surface area contributed by atoms with Crippen molar-refractivity contribution in [3.8, 4) is 0 Å². The number of hydrogen-bond donors (Lipinski definition) is 3. The van der Waals surface area contributed by atoms with E-state index in [1.165, 1.54) is 30.7 Å². The highest BCUT2D eigenvalue weighted by Gasteiger charge is 2.20. The molecule has 1 aromatic carbocycles. The zero-order valence-corrected chi connectivity index (χ0v) is 12.9. The first kappa shape index (κ1) is 14.4. The molecule has 1 aromatic heterocycles. The van der Waals surface area contributed by atoms with Gasteiger partial charge in [-0.05, 0) is 42.3 Å². The number of anilines is 2. The van der Waals surface area contributed by atoms with Crippen molar-refractivity contribution >= 4 is 35.0 Å². The molecule has 0 atom stereocenters. The van der Waals surface area contributed by atoms with Gasteiger partial charge in [0.05, 0.1) is 0 Å². The van der Waals surface area contributed by atoms with Gasteiger partial charge in [0.1, 0.15) is 11.6 Å². The fourth-order valence-electron chi connectivity index (χ4n) is 1.89.